The number of ether oxygens (including phenoxy) is 1. The molecule has 0 N–H and O–H groups in total. The van der Waals surface area contributed by atoms with Gasteiger partial charge in [0.15, 0.2) is 11.6 Å². The van der Waals surface area contributed by atoms with Crippen LogP contribution in [0.1, 0.15) is 31.1 Å². The summed E-state index contributed by atoms with van der Waals surface area (Å²) in [5.41, 5.74) is 1.86. The molecule has 2 aromatic carbocycles. The van der Waals surface area contributed by atoms with Gasteiger partial charge in [-0.3, -0.25) is 0 Å². The van der Waals surface area contributed by atoms with Gasteiger partial charge in [-0.2, -0.15) is 0 Å². The van der Waals surface area contributed by atoms with Crippen molar-refractivity contribution in [2.24, 2.45) is 0 Å². The van der Waals surface area contributed by atoms with Crippen LogP contribution in [0.4, 0.5) is 8.78 Å². The first-order valence-corrected chi connectivity index (χ1v) is 9.18. The summed E-state index contributed by atoms with van der Waals surface area (Å²) >= 11 is 1.43. The number of rotatable bonds is 6. The molecule has 0 bridgehead atoms. The molecular weight excluding hydrogens is 338 g/mol. The average Bonchev–Trinajstić information content (AvgIpc) is 2.98. The number of hydrogen-bond donors (Lipinski definition) is 0. The standard InChI is InChI=1S/C21H20F2OS/c1-3-4-6-11-18(24-2)21-20(14-9-7-5-8-10-14)15-12-16(22)17(23)13-19(15)25-21/h5,7-13H,3-4,6H2,1-2H3/b18-11-. The molecule has 1 aromatic heterocycles. The molecule has 0 saturated heterocycles. The Balaban J connectivity index is 2.25. The number of unbranched alkanes of at least 4 members (excludes halogenated alkanes) is 2. The fourth-order valence-corrected chi connectivity index (χ4v) is 4.11. The zero-order valence-electron chi connectivity index (χ0n) is 14.3. The van der Waals surface area contributed by atoms with E-state index in [1.165, 1.54) is 23.5 Å². The third-order valence-electron chi connectivity index (χ3n) is 4.12. The molecule has 0 aliphatic rings. The van der Waals surface area contributed by atoms with Crippen molar-refractivity contribution in [2.75, 3.05) is 7.11 Å². The van der Waals surface area contributed by atoms with Crippen LogP contribution in [-0.2, 0) is 4.74 Å². The zero-order valence-corrected chi connectivity index (χ0v) is 15.1. The SMILES string of the molecule is CCCC/C=C(\OC)c1sc2cc(F)c(F)cc2c1-c1ccccc1. The lowest BCUT2D eigenvalue weighted by Gasteiger charge is -2.09. The fourth-order valence-electron chi connectivity index (χ4n) is 2.86. The van der Waals surface area contributed by atoms with Crippen LogP contribution in [-0.4, -0.2) is 7.11 Å². The molecule has 130 valence electrons. The Kier molecular flexibility index (Phi) is 5.49. The van der Waals surface area contributed by atoms with Gasteiger partial charge in [0.1, 0.15) is 5.76 Å². The molecule has 0 saturated carbocycles. The molecule has 0 unspecified atom stereocenters. The van der Waals surface area contributed by atoms with Gasteiger partial charge >= 0.3 is 0 Å². The van der Waals surface area contributed by atoms with E-state index in [-0.39, 0.29) is 0 Å². The number of fused-ring (bicyclic) bond motifs is 1. The van der Waals surface area contributed by atoms with Crippen LogP contribution in [0.25, 0.3) is 27.0 Å². The van der Waals surface area contributed by atoms with Gasteiger partial charge in [0.2, 0.25) is 0 Å². The van der Waals surface area contributed by atoms with Gasteiger partial charge in [0.05, 0.1) is 12.0 Å². The highest BCUT2D eigenvalue weighted by Gasteiger charge is 2.19. The summed E-state index contributed by atoms with van der Waals surface area (Å²) in [5, 5.41) is 0.712. The van der Waals surface area contributed by atoms with Crippen molar-refractivity contribution in [3.8, 4) is 11.1 Å². The summed E-state index contributed by atoms with van der Waals surface area (Å²) in [5.74, 6) is -0.897. The van der Waals surface area contributed by atoms with Gasteiger partial charge in [-0.1, -0.05) is 43.7 Å². The minimum Gasteiger partial charge on any atom is -0.496 e. The summed E-state index contributed by atoms with van der Waals surface area (Å²) in [4.78, 5) is 0.907. The van der Waals surface area contributed by atoms with Gasteiger partial charge in [-0.15, -0.1) is 11.3 Å². The fraction of sp³-hybridized carbons (Fsp3) is 0.238. The van der Waals surface area contributed by atoms with E-state index in [0.29, 0.717) is 10.1 Å². The van der Waals surface area contributed by atoms with Crippen LogP contribution in [0.5, 0.6) is 0 Å². The van der Waals surface area contributed by atoms with Crippen LogP contribution in [0.15, 0.2) is 48.5 Å². The lowest BCUT2D eigenvalue weighted by atomic mass is 10.0. The normalized spacial score (nSPS) is 11.9. The van der Waals surface area contributed by atoms with E-state index in [1.807, 2.05) is 30.3 Å². The van der Waals surface area contributed by atoms with Gasteiger partial charge in [0.25, 0.3) is 0 Å². The maximum atomic E-state index is 13.9. The second-order valence-electron chi connectivity index (χ2n) is 5.85. The molecule has 1 nitrogen and oxygen atoms in total. The van der Waals surface area contributed by atoms with E-state index < -0.39 is 11.6 Å². The van der Waals surface area contributed by atoms with Crippen LogP contribution in [0.2, 0.25) is 0 Å². The second kappa shape index (κ2) is 7.79. The third kappa shape index (κ3) is 3.59. The Labute approximate surface area is 150 Å². The Morgan fingerprint density at radius 3 is 2.52 bits per heavy atom. The highest BCUT2D eigenvalue weighted by atomic mass is 32.1. The molecule has 0 aliphatic carbocycles. The molecular formula is C21H20F2OS. The maximum Gasteiger partial charge on any atom is 0.160 e. The molecule has 0 amide bonds. The topological polar surface area (TPSA) is 9.23 Å². The van der Waals surface area contributed by atoms with Crippen molar-refractivity contribution < 1.29 is 13.5 Å². The Morgan fingerprint density at radius 2 is 1.84 bits per heavy atom. The minimum atomic E-state index is -0.831. The molecule has 0 radical (unpaired) electrons. The van der Waals surface area contributed by atoms with E-state index in [1.54, 1.807) is 7.11 Å². The number of hydrogen-bond acceptors (Lipinski definition) is 2. The van der Waals surface area contributed by atoms with Crippen LogP contribution < -0.4 is 0 Å². The highest BCUT2D eigenvalue weighted by molar-refractivity contribution is 7.20. The van der Waals surface area contributed by atoms with E-state index in [0.717, 1.165) is 41.0 Å². The van der Waals surface area contributed by atoms with Crippen LogP contribution in [0, 0.1) is 11.6 Å². The third-order valence-corrected chi connectivity index (χ3v) is 5.29. The number of allylic oxidation sites excluding steroid dienone is 1. The monoisotopic (exact) mass is 358 g/mol. The molecule has 0 atom stereocenters. The van der Waals surface area contributed by atoms with E-state index in [2.05, 4.69) is 13.0 Å². The Morgan fingerprint density at radius 1 is 1.12 bits per heavy atom. The summed E-state index contributed by atoms with van der Waals surface area (Å²) < 4.78 is 33.9. The van der Waals surface area contributed by atoms with Crippen molar-refractivity contribution in [3.63, 3.8) is 0 Å². The molecule has 25 heavy (non-hydrogen) atoms. The van der Waals surface area contributed by atoms with Crippen molar-refractivity contribution >= 4 is 27.2 Å². The molecule has 0 fully saturated rings. The summed E-state index contributed by atoms with van der Waals surface area (Å²) in [6.45, 7) is 2.14. The van der Waals surface area contributed by atoms with Crippen LogP contribution >= 0.6 is 11.3 Å². The summed E-state index contributed by atoms with van der Waals surface area (Å²) in [6, 6.07) is 12.3. The predicted octanol–water partition coefficient (Wildman–Crippen LogP) is 7.02. The van der Waals surface area contributed by atoms with Gasteiger partial charge in [0, 0.05) is 15.6 Å². The molecule has 4 heteroatoms. The van der Waals surface area contributed by atoms with Gasteiger partial charge in [-0.25, -0.2) is 8.78 Å². The first-order chi connectivity index (χ1) is 12.2. The molecule has 0 spiro atoms. The summed E-state index contributed by atoms with van der Waals surface area (Å²) in [7, 11) is 1.64. The molecule has 1 heterocycles. The largest absolute Gasteiger partial charge is 0.496 e. The average molecular weight is 358 g/mol. The number of benzene rings is 2. The highest BCUT2D eigenvalue weighted by Crippen LogP contribution is 2.43. The second-order valence-corrected chi connectivity index (χ2v) is 6.90. The lowest BCUT2D eigenvalue weighted by Crippen LogP contribution is -1.89. The smallest absolute Gasteiger partial charge is 0.160 e. The Bertz CT molecular complexity index is 897. The summed E-state index contributed by atoms with van der Waals surface area (Å²) in [6.07, 6.45) is 5.14. The van der Waals surface area contributed by atoms with Gasteiger partial charge in [-0.05, 0) is 36.6 Å². The van der Waals surface area contributed by atoms with Crippen molar-refractivity contribution in [1.82, 2.24) is 0 Å². The quantitative estimate of drug-likeness (QED) is 0.340. The Hall–Kier alpha value is -2.20. The van der Waals surface area contributed by atoms with Crippen molar-refractivity contribution in [1.29, 1.82) is 0 Å². The number of halogens is 2. The maximum absolute atomic E-state index is 13.9. The zero-order chi connectivity index (χ0) is 17.8. The van der Waals surface area contributed by atoms with E-state index in [4.69, 9.17) is 4.74 Å². The number of methoxy groups -OCH3 is 1. The molecule has 3 aromatic rings. The van der Waals surface area contributed by atoms with Crippen molar-refractivity contribution in [3.05, 3.63) is 65.1 Å². The first kappa shape index (κ1) is 17.6. The van der Waals surface area contributed by atoms with Gasteiger partial charge < -0.3 is 4.74 Å². The first-order valence-electron chi connectivity index (χ1n) is 8.37. The molecule has 3 rings (SSSR count). The minimum absolute atomic E-state index is 0.712. The van der Waals surface area contributed by atoms with E-state index in [9.17, 15) is 8.78 Å². The molecule has 0 aliphatic heterocycles. The van der Waals surface area contributed by atoms with E-state index >= 15 is 0 Å². The van der Waals surface area contributed by atoms with Crippen molar-refractivity contribution in [2.45, 2.75) is 26.2 Å². The lowest BCUT2D eigenvalue weighted by molar-refractivity contribution is 0.370. The number of thiophene rings is 1. The predicted molar refractivity (Wildman–Crippen MR) is 102 cm³/mol. The van der Waals surface area contributed by atoms with Crippen LogP contribution in [0.3, 0.4) is 0 Å².